The van der Waals surface area contributed by atoms with Crippen molar-refractivity contribution in [1.82, 2.24) is 4.98 Å². The minimum atomic E-state index is -3.44. The van der Waals surface area contributed by atoms with Crippen molar-refractivity contribution in [1.29, 1.82) is 4.78 Å². The van der Waals surface area contributed by atoms with Gasteiger partial charge in [-0.3, -0.25) is 10.1 Å². The van der Waals surface area contributed by atoms with E-state index in [-0.39, 0.29) is 32.5 Å². The van der Waals surface area contributed by atoms with Crippen molar-refractivity contribution in [3.8, 4) is 17.0 Å². The molecule has 0 aliphatic heterocycles. The lowest BCUT2D eigenvalue weighted by Crippen LogP contribution is -2.27. The van der Waals surface area contributed by atoms with Gasteiger partial charge in [0.2, 0.25) is 5.88 Å². The lowest BCUT2D eigenvalue weighted by Gasteiger charge is -2.21. The number of benzene rings is 4. The predicted octanol–water partition coefficient (Wildman–Crippen LogP) is 8.53. The molecule has 0 saturated carbocycles. The van der Waals surface area contributed by atoms with E-state index in [0.29, 0.717) is 23.6 Å². The van der Waals surface area contributed by atoms with Crippen LogP contribution in [-0.2, 0) is 21.1 Å². The molecule has 0 spiro atoms. The van der Waals surface area contributed by atoms with Crippen molar-refractivity contribution in [2.24, 2.45) is 0 Å². The number of amides is 2. The highest BCUT2D eigenvalue weighted by Gasteiger charge is 2.20. The molecule has 3 N–H and O–H groups in total. The van der Waals surface area contributed by atoms with Gasteiger partial charge in [0, 0.05) is 17.8 Å². The summed E-state index contributed by atoms with van der Waals surface area (Å²) in [7, 11) is -3.44. The zero-order valence-electron chi connectivity index (χ0n) is 26.0. The van der Waals surface area contributed by atoms with Crippen LogP contribution >= 0.6 is 0 Å². The molecule has 0 radical (unpaired) electrons. The van der Waals surface area contributed by atoms with Gasteiger partial charge in [-0.2, -0.15) is 0 Å². The SMILES string of the molecule is CC(C)(C)OC(=O)Nc1ccc(-c2ccc(F)cc2)cc1NC(=O)c1ccc(S(=N)(=O)c2ccc(OCc3ccccc3)nc2)cc1. The topological polar surface area (TPSA) is 130 Å². The van der Waals surface area contributed by atoms with E-state index in [2.05, 4.69) is 15.6 Å². The fourth-order valence-electron chi connectivity index (χ4n) is 4.47. The summed E-state index contributed by atoms with van der Waals surface area (Å²) in [5.41, 5.74) is 2.39. The van der Waals surface area contributed by atoms with Crippen molar-refractivity contribution < 1.29 is 27.7 Å². The summed E-state index contributed by atoms with van der Waals surface area (Å²) in [6.45, 7) is 5.53. The maximum absolute atomic E-state index is 13.5. The molecule has 0 fully saturated rings. The van der Waals surface area contributed by atoms with Crippen LogP contribution in [0.1, 0.15) is 36.7 Å². The van der Waals surface area contributed by atoms with Gasteiger partial charge < -0.3 is 14.8 Å². The van der Waals surface area contributed by atoms with Crippen molar-refractivity contribution in [3.05, 3.63) is 132 Å². The minimum absolute atomic E-state index is 0.192. The Balaban J connectivity index is 1.32. The molecule has 1 unspecified atom stereocenters. The molecule has 4 aromatic carbocycles. The minimum Gasteiger partial charge on any atom is -0.473 e. The molecule has 9 nitrogen and oxygen atoms in total. The van der Waals surface area contributed by atoms with E-state index in [4.69, 9.17) is 14.3 Å². The normalized spacial score (nSPS) is 12.4. The number of anilines is 2. The number of hydrogen-bond acceptors (Lipinski definition) is 7. The number of carbonyl (C=O) groups excluding carboxylic acids is 2. The van der Waals surface area contributed by atoms with Crippen molar-refractivity contribution in [2.45, 2.75) is 42.8 Å². The van der Waals surface area contributed by atoms with Crippen molar-refractivity contribution >= 4 is 33.1 Å². The molecule has 1 heterocycles. The summed E-state index contributed by atoms with van der Waals surface area (Å²) in [5, 5.41) is 5.48. The van der Waals surface area contributed by atoms with E-state index in [1.54, 1.807) is 57.2 Å². The Labute approximate surface area is 272 Å². The molecule has 240 valence electrons. The molecule has 0 bridgehead atoms. The fourth-order valence-corrected chi connectivity index (χ4v) is 5.73. The Morgan fingerprint density at radius 1 is 0.809 bits per heavy atom. The van der Waals surface area contributed by atoms with E-state index < -0.39 is 27.3 Å². The van der Waals surface area contributed by atoms with Crippen LogP contribution in [0.4, 0.5) is 20.6 Å². The zero-order chi connectivity index (χ0) is 33.6. The van der Waals surface area contributed by atoms with Crippen LogP contribution in [0.15, 0.2) is 125 Å². The third kappa shape index (κ3) is 8.59. The Morgan fingerprint density at radius 2 is 1.47 bits per heavy atom. The highest BCUT2D eigenvalue weighted by molar-refractivity contribution is 7.92. The van der Waals surface area contributed by atoms with Crippen LogP contribution < -0.4 is 15.4 Å². The number of rotatable bonds is 9. The van der Waals surface area contributed by atoms with Gasteiger partial charge in [-0.1, -0.05) is 48.5 Å². The van der Waals surface area contributed by atoms with Gasteiger partial charge in [0.1, 0.15) is 27.8 Å². The summed E-state index contributed by atoms with van der Waals surface area (Å²) >= 11 is 0. The average Bonchev–Trinajstić information content (AvgIpc) is 3.05. The van der Waals surface area contributed by atoms with Crippen molar-refractivity contribution in [3.63, 3.8) is 0 Å². The molecule has 0 aliphatic carbocycles. The lowest BCUT2D eigenvalue weighted by molar-refractivity contribution is 0.0635. The van der Waals surface area contributed by atoms with Crippen molar-refractivity contribution in [2.75, 3.05) is 10.6 Å². The second-order valence-corrected chi connectivity index (χ2v) is 13.6. The molecular weight excluding hydrogens is 619 g/mol. The standard InChI is InChI=1S/C36H33FN4O5S/c1-36(2,3)46-35(43)41-31-19-13-27(25-9-14-28(37)15-10-25)21-32(31)40-34(42)26-11-16-29(17-12-26)47(38,44)30-18-20-33(39-22-30)45-23-24-7-5-4-6-8-24/h4-22,38H,23H2,1-3H3,(H,40,42)(H,41,43). The smallest absolute Gasteiger partial charge is 0.412 e. The monoisotopic (exact) mass is 652 g/mol. The first-order valence-corrected chi connectivity index (χ1v) is 16.2. The predicted molar refractivity (Wildman–Crippen MR) is 178 cm³/mol. The average molecular weight is 653 g/mol. The number of nitrogens with zero attached hydrogens (tertiary/aromatic N) is 1. The molecule has 5 aromatic rings. The quantitative estimate of drug-likeness (QED) is 0.146. The second kappa shape index (κ2) is 13.8. The lowest BCUT2D eigenvalue weighted by atomic mass is 10.0. The Kier molecular flexibility index (Phi) is 9.67. The Morgan fingerprint density at radius 3 is 2.11 bits per heavy atom. The Hall–Kier alpha value is -5.55. The molecule has 2 amide bonds. The number of halogens is 1. The zero-order valence-corrected chi connectivity index (χ0v) is 26.8. The van der Waals surface area contributed by atoms with Gasteiger partial charge >= 0.3 is 6.09 Å². The maximum atomic E-state index is 13.5. The molecule has 5 rings (SSSR count). The van der Waals surface area contributed by atoms with Crippen LogP contribution in [0.25, 0.3) is 11.1 Å². The molecular formula is C36H33FN4O5S. The van der Waals surface area contributed by atoms with Crippen LogP contribution in [0, 0.1) is 10.6 Å². The van der Waals surface area contributed by atoms with Gasteiger partial charge in [-0.05, 0) is 92.1 Å². The summed E-state index contributed by atoms with van der Waals surface area (Å²) in [6, 6.07) is 29.4. The summed E-state index contributed by atoms with van der Waals surface area (Å²) in [6.07, 6.45) is 0.645. The van der Waals surface area contributed by atoms with Gasteiger partial charge in [0.15, 0.2) is 0 Å². The summed E-state index contributed by atoms with van der Waals surface area (Å²) in [5.74, 6) is -0.561. The van der Waals surface area contributed by atoms with Crippen LogP contribution in [-0.4, -0.2) is 26.8 Å². The number of aromatic nitrogens is 1. The van der Waals surface area contributed by atoms with E-state index in [9.17, 15) is 18.2 Å². The van der Waals surface area contributed by atoms with Gasteiger partial charge in [-0.25, -0.2) is 23.2 Å². The first kappa shape index (κ1) is 32.8. The van der Waals surface area contributed by atoms with Gasteiger partial charge in [0.05, 0.1) is 21.2 Å². The number of carbonyl (C=O) groups is 2. The number of hydrogen-bond donors (Lipinski definition) is 3. The summed E-state index contributed by atoms with van der Waals surface area (Å²) in [4.78, 5) is 30.5. The molecule has 0 saturated heterocycles. The largest absolute Gasteiger partial charge is 0.473 e. The van der Waals surface area contributed by atoms with Gasteiger partial charge in [-0.15, -0.1) is 0 Å². The van der Waals surface area contributed by atoms with Gasteiger partial charge in [0.25, 0.3) is 5.91 Å². The first-order chi connectivity index (χ1) is 22.4. The highest BCUT2D eigenvalue weighted by Crippen LogP contribution is 2.31. The first-order valence-electron chi connectivity index (χ1n) is 14.6. The highest BCUT2D eigenvalue weighted by atomic mass is 32.2. The van der Waals surface area contributed by atoms with Crippen LogP contribution in [0.3, 0.4) is 0 Å². The van der Waals surface area contributed by atoms with Crippen LogP contribution in [0.5, 0.6) is 5.88 Å². The van der Waals surface area contributed by atoms with E-state index in [1.165, 1.54) is 48.7 Å². The van der Waals surface area contributed by atoms with Crippen LogP contribution in [0.2, 0.25) is 0 Å². The number of ether oxygens (including phenoxy) is 2. The molecule has 1 aromatic heterocycles. The summed E-state index contributed by atoms with van der Waals surface area (Å²) < 4.78 is 46.7. The number of nitrogens with one attached hydrogen (secondary N) is 3. The van der Waals surface area contributed by atoms with E-state index in [1.807, 2.05) is 30.3 Å². The van der Waals surface area contributed by atoms with E-state index in [0.717, 1.165) is 5.56 Å². The molecule has 11 heteroatoms. The van der Waals surface area contributed by atoms with E-state index >= 15 is 0 Å². The fraction of sp³-hybridized carbons (Fsp3) is 0.139. The Bertz CT molecular complexity index is 1980. The molecule has 0 aliphatic rings. The third-order valence-electron chi connectivity index (χ3n) is 6.80. The number of pyridine rings is 1. The maximum Gasteiger partial charge on any atom is 0.412 e. The second-order valence-electron chi connectivity index (χ2n) is 11.5. The third-order valence-corrected chi connectivity index (χ3v) is 8.64. The molecule has 1 atom stereocenters. The molecule has 47 heavy (non-hydrogen) atoms.